The second-order valence-corrected chi connectivity index (χ2v) is 3.74. The summed E-state index contributed by atoms with van der Waals surface area (Å²) in [4.78, 5) is 38.1. The summed E-state index contributed by atoms with van der Waals surface area (Å²) >= 11 is 0. The van der Waals surface area contributed by atoms with Crippen LogP contribution in [0.15, 0.2) is 12.5 Å². The molecule has 0 saturated carbocycles. The fourth-order valence-electron chi connectivity index (χ4n) is 1.68. The quantitative estimate of drug-likeness (QED) is 0.728. The average Bonchev–Trinajstić information content (AvgIpc) is 2.85. The summed E-state index contributed by atoms with van der Waals surface area (Å²) in [6.07, 6.45) is 3.27. The molecule has 0 radical (unpaired) electrons. The van der Waals surface area contributed by atoms with Crippen molar-refractivity contribution in [3.05, 3.63) is 18.2 Å². The number of carboxylic acid groups (broad SMARTS) is 1. The van der Waals surface area contributed by atoms with Crippen molar-refractivity contribution in [2.24, 2.45) is 0 Å². The first-order valence-corrected chi connectivity index (χ1v) is 5.16. The molecule has 2 rings (SSSR count). The first-order chi connectivity index (χ1) is 8.08. The van der Waals surface area contributed by atoms with Crippen molar-refractivity contribution in [2.75, 3.05) is 6.54 Å². The van der Waals surface area contributed by atoms with Gasteiger partial charge in [0.15, 0.2) is 5.69 Å². The molecule has 0 spiro atoms. The number of carbonyl (C=O) groups excluding carboxylic acids is 2. The molecule has 7 nitrogen and oxygen atoms in total. The number of carbonyl (C=O) groups is 3. The first kappa shape index (κ1) is 11.3. The highest BCUT2D eigenvalue weighted by Crippen LogP contribution is 2.11. The van der Waals surface area contributed by atoms with Gasteiger partial charge in [-0.05, 0) is 0 Å². The minimum absolute atomic E-state index is 0.0518. The number of hydrogen-bond acceptors (Lipinski definition) is 4. The Hall–Kier alpha value is -2.18. The standard InChI is InChI=1S/C10H11N3O4/c14-8-1-2-9(15)13(8)4-3-12-5-7(10(16)17)11-6-12/h5-6H,1-4H2,(H,16,17). The highest BCUT2D eigenvalue weighted by molar-refractivity contribution is 6.01. The molecule has 2 heterocycles. The summed E-state index contributed by atoms with van der Waals surface area (Å²) in [7, 11) is 0. The molecule has 0 aromatic carbocycles. The van der Waals surface area contributed by atoms with Gasteiger partial charge in [0.25, 0.3) is 0 Å². The Balaban J connectivity index is 1.95. The summed E-state index contributed by atoms with van der Waals surface area (Å²) in [6, 6.07) is 0. The minimum Gasteiger partial charge on any atom is -0.476 e. The second kappa shape index (κ2) is 4.36. The van der Waals surface area contributed by atoms with E-state index >= 15 is 0 Å². The van der Waals surface area contributed by atoms with E-state index in [0.29, 0.717) is 6.54 Å². The molecule has 17 heavy (non-hydrogen) atoms. The van der Waals surface area contributed by atoms with E-state index in [1.165, 1.54) is 17.4 Å². The Morgan fingerprint density at radius 2 is 1.94 bits per heavy atom. The molecule has 1 fully saturated rings. The third-order valence-corrected chi connectivity index (χ3v) is 2.59. The van der Waals surface area contributed by atoms with E-state index in [0.717, 1.165) is 0 Å². The van der Waals surface area contributed by atoms with Crippen LogP contribution < -0.4 is 0 Å². The first-order valence-electron chi connectivity index (χ1n) is 5.16. The zero-order chi connectivity index (χ0) is 12.4. The minimum atomic E-state index is -1.10. The molecule has 1 aromatic heterocycles. The molecule has 2 amide bonds. The fraction of sp³-hybridized carbons (Fsp3) is 0.400. The molecule has 1 aliphatic heterocycles. The van der Waals surface area contributed by atoms with Gasteiger partial charge in [-0.15, -0.1) is 0 Å². The Morgan fingerprint density at radius 1 is 1.29 bits per heavy atom. The van der Waals surface area contributed by atoms with E-state index in [1.54, 1.807) is 4.57 Å². The number of imidazole rings is 1. The van der Waals surface area contributed by atoms with Crippen molar-refractivity contribution >= 4 is 17.8 Å². The normalized spacial score (nSPS) is 15.6. The van der Waals surface area contributed by atoms with Crippen molar-refractivity contribution in [1.82, 2.24) is 14.5 Å². The van der Waals surface area contributed by atoms with E-state index in [4.69, 9.17) is 5.11 Å². The van der Waals surface area contributed by atoms with Crippen LogP contribution in [0.5, 0.6) is 0 Å². The molecular formula is C10H11N3O4. The molecular weight excluding hydrogens is 226 g/mol. The highest BCUT2D eigenvalue weighted by atomic mass is 16.4. The Labute approximate surface area is 96.7 Å². The number of likely N-dealkylation sites (tertiary alicyclic amines) is 1. The van der Waals surface area contributed by atoms with Crippen LogP contribution in [-0.2, 0) is 16.1 Å². The molecule has 1 saturated heterocycles. The number of rotatable bonds is 4. The van der Waals surface area contributed by atoms with Crippen molar-refractivity contribution in [3.63, 3.8) is 0 Å². The predicted molar refractivity (Wildman–Crippen MR) is 55.1 cm³/mol. The van der Waals surface area contributed by atoms with Gasteiger partial charge in [0.2, 0.25) is 11.8 Å². The molecule has 1 aliphatic rings. The summed E-state index contributed by atoms with van der Waals surface area (Å²) in [6.45, 7) is 0.616. The average molecular weight is 237 g/mol. The largest absolute Gasteiger partial charge is 0.476 e. The summed E-state index contributed by atoms with van der Waals surface area (Å²) in [5.74, 6) is -1.45. The number of amides is 2. The third-order valence-electron chi connectivity index (χ3n) is 2.59. The van der Waals surface area contributed by atoms with Gasteiger partial charge in [0.1, 0.15) is 0 Å². The predicted octanol–water partition coefficient (Wildman–Crippen LogP) is -0.270. The lowest BCUT2D eigenvalue weighted by Crippen LogP contribution is -2.32. The van der Waals surface area contributed by atoms with Gasteiger partial charge in [-0.3, -0.25) is 14.5 Å². The van der Waals surface area contributed by atoms with Gasteiger partial charge >= 0.3 is 5.97 Å². The smallest absolute Gasteiger partial charge is 0.356 e. The summed E-state index contributed by atoms with van der Waals surface area (Å²) in [5, 5.41) is 8.67. The van der Waals surface area contributed by atoms with Crippen molar-refractivity contribution in [2.45, 2.75) is 19.4 Å². The monoisotopic (exact) mass is 237 g/mol. The molecule has 0 unspecified atom stereocenters. The Kier molecular flexibility index (Phi) is 2.90. The molecule has 0 atom stereocenters. The van der Waals surface area contributed by atoms with Gasteiger partial charge in [-0.1, -0.05) is 0 Å². The second-order valence-electron chi connectivity index (χ2n) is 3.74. The molecule has 7 heteroatoms. The van der Waals surface area contributed by atoms with Crippen molar-refractivity contribution in [1.29, 1.82) is 0 Å². The van der Waals surface area contributed by atoms with E-state index in [9.17, 15) is 14.4 Å². The maximum Gasteiger partial charge on any atom is 0.356 e. The van der Waals surface area contributed by atoms with Crippen LogP contribution in [0.2, 0.25) is 0 Å². The van der Waals surface area contributed by atoms with Gasteiger partial charge in [0, 0.05) is 32.1 Å². The van der Waals surface area contributed by atoms with E-state index in [1.807, 2.05) is 0 Å². The molecule has 1 aromatic rings. The zero-order valence-corrected chi connectivity index (χ0v) is 9.00. The van der Waals surface area contributed by atoms with E-state index in [-0.39, 0.29) is 36.9 Å². The van der Waals surface area contributed by atoms with Crippen LogP contribution in [0.25, 0.3) is 0 Å². The van der Waals surface area contributed by atoms with E-state index in [2.05, 4.69) is 4.98 Å². The number of aromatic carboxylic acids is 1. The topological polar surface area (TPSA) is 92.5 Å². The summed E-state index contributed by atoms with van der Waals surface area (Å²) < 4.78 is 1.54. The number of imide groups is 1. The maximum absolute atomic E-state index is 11.3. The maximum atomic E-state index is 11.3. The lowest BCUT2D eigenvalue weighted by atomic mass is 10.4. The Bertz CT molecular complexity index is 464. The van der Waals surface area contributed by atoms with Crippen LogP contribution in [0.3, 0.4) is 0 Å². The van der Waals surface area contributed by atoms with E-state index < -0.39 is 5.97 Å². The van der Waals surface area contributed by atoms with Crippen molar-refractivity contribution < 1.29 is 19.5 Å². The summed E-state index contributed by atoms with van der Waals surface area (Å²) in [5.41, 5.74) is -0.0518. The van der Waals surface area contributed by atoms with Crippen molar-refractivity contribution in [3.8, 4) is 0 Å². The van der Waals surface area contributed by atoms with Crippen LogP contribution in [0.1, 0.15) is 23.3 Å². The zero-order valence-electron chi connectivity index (χ0n) is 9.00. The Morgan fingerprint density at radius 3 is 2.47 bits per heavy atom. The van der Waals surface area contributed by atoms with Gasteiger partial charge < -0.3 is 9.67 Å². The van der Waals surface area contributed by atoms with Gasteiger partial charge in [-0.2, -0.15) is 0 Å². The third kappa shape index (κ3) is 2.32. The van der Waals surface area contributed by atoms with Crippen LogP contribution >= 0.6 is 0 Å². The van der Waals surface area contributed by atoms with Crippen LogP contribution in [0.4, 0.5) is 0 Å². The lowest BCUT2D eigenvalue weighted by Gasteiger charge is -2.13. The number of nitrogens with zero attached hydrogens (tertiary/aromatic N) is 3. The van der Waals surface area contributed by atoms with Gasteiger partial charge in [-0.25, -0.2) is 9.78 Å². The molecule has 90 valence electrons. The molecule has 0 aliphatic carbocycles. The SMILES string of the molecule is O=C(O)c1cn(CCN2C(=O)CCC2=O)cn1. The van der Waals surface area contributed by atoms with Gasteiger partial charge in [0.05, 0.1) is 6.33 Å². The molecule has 0 bridgehead atoms. The highest BCUT2D eigenvalue weighted by Gasteiger charge is 2.28. The number of aromatic nitrogens is 2. The van der Waals surface area contributed by atoms with Crippen LogP contribution in [-0.4, -0.2) is 43.9 Å². The van der Waals surface area contributed by atoms with Crippen LogP contribution in [0, 0.1) is 0 Å². The number of hydrogen-bond donors (Lipinski definition) is 1. The lowest BCUT2D eigenvalue weighted by molar-refractivity contribution is -0.138. The fourth-order valence-corrected chi connectivity index (χ4v) is 1.68. The molecule has 1 N–H and O–H groups in total. The number of carboxylic acids is 1.